The summed E-state index contributed by atoms with van der Waals surface area (Å²) in [5.41, 5.74) is 4.79. The minimum Gasteiger partial charge on any atom is -0.369 e. The fourth-order valence-corrected chi connectivity index (χ4v) is 4.09. The van der Waals surface area contributed by atoms with Crippen LogP contribution in [0.2, 0.25) is 0 Å². The molecule has 1 saturated heterocycles. The van der Waals surface area contributed by atoms with Gasteiger partial charge in [-0.05, 0) is 63.5 Å². The van der Waals surface area contributed by atoms with Gasteiger partial charge in [0.1, 0.15) is 0 Å². The molecular formula is C23H31F4N7O. The van der Waals surface area contributed by atoms with Crippen LogP contribution in [0.25, 0.3) is 0 Å². The zero-order valence-electron chi connectivity index (χ0n) is 19.7. The molecule has 8 nitrogen and oxygen atoms in total. The fraction of sp³-hybridized carbons (Fsp3) is 0.565. The van der Waals surface area contributed by atoms with Gasteiger partial charge in [-0.15, -0.1) is 0 Å². The first kappa shape index (κ1) is 26.6. The second-order valence-electron chi connectivity index (χ2n) is 8.83. The predicted molar refractivity (Wildman–Crippen MR) is 125 cm³/mol. The third-order valence-corrected chi connectivity index (χ3v) is 6.16. The maximum absolute atomic E-state index is 15.5. The van der Waals surface area contributed by atoms with E-state index in [1.165, 1.54) is 13.1 Å². The number of hydrogen-bond donors (Lipinski definition) is 2. The highest BCUT2D eigenvalue weighted by Gasteiger charge is 2.35. The number of aromatic nitrogens is 1. The average Bonchev–Trinajstić information content (AvgIpc) is 3.65. The van der Waals surface area contributed by atoms with E-state index in [1.54, 1.807) is 4.90 Å². The van der Waals surface area contributed by atoms with Crippen molar-refractivity contribution in [2.75, 3.05) is 33.2 Å². The van der Waals surface area contributed by atoms with Crippen LogP contribution in [-0.2, 0) is 17.5 Å². The monoisotopic (exact) mass is 497 g/mol. The standard InChI is InChI=1S/C23H31F4N7O/c1-29-21(32-11-15-7-9-33(10-8-15)14-19(28)35)20(24)22(30-2)34(18-5-6-18)13-17-4-3-16(12-31-17)23(25,26)27/h3-4,12,15,18,32H,1,5-11,13-14H2,2H3,(H2,28,35)/b21-20-,30-22+. The van der Waals surface area contributed by atoms with Gasteiger partial charge in [0.15, 0.2) is 11.7 Å². The number of amidine groups is 1. The number of primary amides is 1. The van der Waals surface area contributed by atoms with Crippen molar-refractivity contribution >= 4 is 18.5 Å². The second-order valence-corrected chi connectivity index (χ2v) is 8.83. The normalized spacial score (nSPS) is 18.7. The van der Waals surface area contributed by atoms with Gasteiger partial charge in [0, 0.05) is 25.8 Å². The summed E-state index contributed by atoms with van der Waals surface area (Å²) in [6, 6.07) is 2.28. The maximum Gasteiger partial charge on any atom is 0.417 e. The molecule has 2 heterocycles. The number of hydrogen-bond acceptors (Lipinski definition) is 6. The number of piperidine rings is 1. The van der Waals surface area contributed by atoms with Crippen molar-refractivity contribution in [1.82, 2.24) is 20.1 Å². The summed E-state index contributed by atoms with van der Waals surface area (Å²) in [6.07, 6.45) is -0.393. The SMILES string of the molecule is C=N/C(NCC1CCN(CC(N)=O)CC1)=C(F)\C(=N/C)N(Cc1ccc(C(F)(F)F)cn1)C1CC1. The summed E-state index contributed by atoms with van der Waals surface area (Å²) in [5, 5.41) is 3.03. The van der Waals surface area contributed by atoms with E-state index in [4.69, 9.17) is 5.73 Å². The third-order valence-electron chi connectivity index (χ3n) is 6.16. The molecule has 2 aliphatic rings. The lowest BCUT2D eigenvalue weighted by molar-refractivity contribution is -0.137. The van der Waals surface area contributed by atoms with E-state index in [1.807, 2.05) is 4.90 Å². The molecule has 0 spiro atoms. The molecule has 0 bridgehead atoms. The summed E-state index contributed by atoms with van der Waals surface area (Å²) < 4.78 is 54.1. The van der Waals surface area contributed by atoms with Crippen LogP contribution in [0.4, 0.5) is 17.6 Å². The Labute approximate surface area is 202 Å². The van der Waals surface area contributed by atoms with Gasteiger partial charge in [-0.25, -0.2) is 4.99 Å². The van der Waals surface area contributed by atoms with Gasteiger partial charge < -0.3 is 16.0 Å². The Bertz CT molecular complexity index is 950. The number of carbonyl (C=O) groups excluding carboxylic acids is 1. The zero-order valence-corrected chi connectivity index (χ0v) is 19.7. The number of rotatable bonds is 10. The molecule has 1 amide bonds. The minimum absolute atomic E-state index is 0.0178. The van der Waals surface area contributed by atoms with Crippen molar-refractivity contribution in [3.8, 4) is 0 Å². The molecular weight excluding hydrogens is 466 g/mol. The van der Waals surface area contributed by atoms with E-state index in [9.17, 15) is 18.0 Å². The number of amides is 1. The molecule has 1 aliphatic carbocycles. The summed E-state index contributed by atoms with van der Waals surface area (Å²) in [5.74, 6) is -0.742. The zero-order chi connectivity index (χ0) is 25.6. The van der Waals surface area contributed by atoms with Gasteiger partial charge in [-0.2, -0.15) is 17.6 Å². The van der Waals surface area contributed by atoms with Gasteiger partial charge in [-0.3, -0.25) is 19.7 Å². The molecule has 1 aromatic heterocycles. The highest BCUT2D eigenvalue weighted by atomic mass is 19.4. The predicted octanol–water partition coefficient (Wildman–Crippen LogP) is 2.72. The number of halogens is 4. The van der Waals surface area contributed by atoms with E-state index in [-0.39, 0.29) is 42.6 Å². The molecule has 0 radical (unpaired) electrons. The Balaban J connectivity index is 1.66. The van der Waals surface area contributed by atoms with E-state index < -0.39 is 17.6 Å². The first-order valence-corrected chi connectivity index (χ1v) is 11.5. The number of nitrogens with zero attached hydrogens (tertiary/aromatic N) is 5. The first-order valence-electron chi connectivity index (χ1n) is 11.5. The van der Waals surface area contributed by atoms with E-state index in [0.29, 0.717) is 12.2 Å². The molecule has 3 rings (SSSR count). The fourth-order valence-electron chi connectivity index (χ4n) is 4.09. The Morgan fingerprint density at radius 1 is 1.29 bits per heavy atom. The number of carbonyl (C=O) groups is 1. The highest BCUT2D eigenvalue weighted by Crippen LogP contribution is 2.32. The van der Waals surface area contributed by atoms with E-state index in [2.05, 4.69) is 27.0 Å². The minimum atomic E-state index is -4.47. The number of nitrogens with two attached hydrogens (primary N) is 1. The molecule has 2 fully saturated rings. The quantitative estimate of drug-likeness (QED) is 0.294. The van der Waals surface area contributed by atoms with Crippen LogP contribution in [0.5, 0.6) is 0 Å². The topological polar surface area (TPSA) is 99.2 Å². The third kappa shape index (κ3) is 7.48. The molecule has 1 aromatic rings. The van der Waals surface area contributed by atoms with Crippen molar-refractivity contribution < 1.29 is 22.4 Å². The Morgan fingerprint density at radius 2 is 1.97 bits per heavy atom. The molecule has 1 aliphatic heterocycles. The lowest BCUT2D eigenvalue weighted by Gasteiger charge is -2.31. The molecule has 0 unspecified atom stereocenters. The summed E-state index contributed by atoms with van der Waals surface area (Å²) in [4.78, 5) is 26.7. The molecule has 12 heteroatoms. The van der Waals surface area contributed by atoms with Crippen LogP contribution < -0.4 is 11.1 Å². The lowest BCUT2D eigenvalue weighted by atomic mass is 9.97. The number of aliphatic imine (C=N–C) groups is 2. The smallest absolute Gasteiger partial charge is 0.369 e. The molecule has 192 valence electrons. The van der Waals surface area contributed by atoms with E-state index >= 15 is 4.39 Å². The molecule has 35 heavy (non-hydrogen) atoms. The maximum atomic E-state index is 15.5. The second kappa shape index (κ2) is 11.6. The summed E-state index contributed by atoms with van der Waals surface area (Å²) >= 11 is 0. The molecule has 0 aromatic carbocycles. The first-order chi connectivity index (χ1) is 16.6. The van der Waals surface area contributed by atoms with Crippen LogP contribution in [-0.4, -0.2) is 72.5 Å². The Hall–Kier alpha value is -3.02. The van der Waals surface area contributed by atoms with Gasteiger partial charge >= 0.3 is 6.18 Å². The van der Waals surface area contributed by atoms with Crippen LogP contribution in [0.3, 0.4) is 0 Å². The Morgan fingerprint density at radius 3 is 2.46 bits per heavy atom. The van der Waals surface area contributed by atoms with Crippen LogP contribution in [0, 0.1) is 5.92 Å². The van der Waals surface area contributed by atoms with Gasteiger partial charge in [0.2, 0.25) is 11.7 Å². The molecule has 0 atom stereocenters. The number of nitrogens with one attached hydrogen (secondary N) is 1. The summed E-state index contributed by atoms with van der Waals surface area (Å²) in [7, 11) is 1.46. The lowest BCUT2D eigenvalue weighted by Crippen LogP contribution is -2.41. The van der Waals surface area contributed by atoms with Gasteiger partial charge in [0.05, 0.1) is 24.3 Å². The average molecular weight is 498 g/mol. The highest BCUT2D eigenvalue weighted by molar-refractivity contribution is 5.97. The largest absolute Gasteiger partial charge is 0.417 e. The van der Waals surface area contributed by atoms with Gasteiger partial charge in [0.25, 0.3) is 0 Å². The number of pyridine rings is 1. The summed E-state index contributed by atoms with van der Waals surface area (Å²) in [6.45, 7) is 5.77. The van der Waals surface area contributed by atoms with Crippen molar-refractivity contribution in [3.05, 3.63) is 41.2 Å². The Kier molecular flexibility index (Phi) is 8.82. The van der Waals surface area contributed by atoms with Crippen LogP contribution >= 0.6 is 0 Å². The van der Waals surface area contributed by atoms with Crippen molar-refractivity contribution in [1.29, 1.82) is 0 Å². The van der Waals surface area contributed by atoms with Crippen molar-refractivity contribution in [3.63, 3.8) is 0 Å². The number of likely N-dealkylation sites (tertiary alicyclic amines) is 1. The van der Waals surface area contributed by atoms with Gasteiger partial charge in [-0.1, -0.05) is 0 Å². The van der Waals surface area contributed by atoms with Crippen LogP contribution in [0.15, 0.2) is 40.0 Å². The van der Waals surface area contributed by atoms with E-state index in [0.717, 1.165) is 51.0 Å². The molecule has 1 saturated carbocycles. The van der Waals surface area contributed by atoms with Crippen molar-refractivity contribution in [2.45, 2.75) is 44.4 Å². The number of alkyl halides is 3. The van der Waals surface area contributed by atoms with Crippen LogP contribution in [0.1, 0.15) is 36.9 Å². The molecule has 3 N–H and O–H groups in total. The van der Waals surface area contributed by atoms with Crippen molar-refractivity contribution in [2.24, 2.45) is 21.6 Å².